The lowest BCUT2D eigenvalue weighted by Gasteiger charge is -2.39. The molecule has 182 valence electrons. The molecule has 0 aliphatic carbocycles. The number of halogens is 1. The second-order valence-electron chi connectivity index (χ2n) is 8.27. The van der Waals surface area contributed by atoms with Crippen molar-refractivity contribution in [2.45, 2.75) is 13.0 Å². The first-order valence-corrected chi connectivity index (χ1v) is 11.3. The number of hydrogen-bond acceptors (Lipinski definition) is 10. The first kappa shape index (κ1) is 23.0. The lowest BCUT2D eigenvalue weighted by molar-refractivity contribution is 0.102. The molecule has 12 heteroatoms. The van der Waals surface area contributed by atoms with Gasteiger partial charge in [0.05, 0.1) is 29.3 Å². The Morgan fingerprint density at radius 2 is 1.78 bits per heavy atom. The predicted octanol–water partition coefficient (Wildman–Crippen LogP) is 2.41. The van der Waals surface area contributed by atoms with Gasteiger partial charge >= 0.3 is 0 Å². The van der Waals surface area contributed by atoms with E-state index < -0.39 is 11.9 Å². The largest absolute Gasteiger partial charge is 0.384 e. The number of aromatic nitrogens is 6. The number of piperazine rings is 1. The normalized spacial score (nSPS) is 15.6. The number of carbonyl (C=O) groups is 1. The molecule has 1 aliphatic heterocycles. The van der Waals surface area contributed by atoms with Crippen LogP contribution in [0.1, 0.15) is 17.3 Å². The van der Waals surface area contributed by atoms with Gasteiger partial charge in [-0.05, 0) is 37.3 Å². The van der Waals surface area contributed by atoms with Crippen molar-refractivity contribution in [3.8, 4) is 11.3 Å². The van der Waals surface area contributed by atoms with Crippen molar-refractivity contribution < 1.29 is 9.18 Å². The van der Waals surface area contributed by atoms with Crippen LogP contribution in [0.2, 0.25) is 0 Å². The minimum atomic E-state index is -0.895. The van der Waals surface area contributed by atoms with Gasteiger partial charge in [-0.15, -0.1) is 0 Å². The third-order valence-corrected chi connectivity index (χ3v) is 5.79. The van der Waals surface area contributed by atoms with Gasteiger partial charge in [0, 0.05) is 49.8 Å². The molecule has 4 aromatic heterocycles. The molecule has 0 spiro atoms. The van der Waals surface area contributed by atoms with Gasteiger partial charge in [0.15, 0.2) is 0 Å². The fourth-order valence-electron chi connectivity index (χ4n) is 3.94. The van der Waals surface area contributed by atoms with Crippen molar-refractivity contribution in [3.63, 3.8) is 0 Å². The Balaban J connectivity index is 1.23. The van der Waals surface area contributed by atoms with E-state index in [1.807, 2.05) is 0 Å². The second-order valence-corrected chi connectivity index (χ2v) is 8.27. The number of hydrogen-bond donors (Lipinski definition) is 2. The zero-order valence-corrected chi connectivity index (χ0v) is 19.4. The summed E-state index contributed by atoms with van der Waals surface area (Å²) in [6.45, 7) is 4.22. The standard InChI is InChI=1S/C24H23FN10O/c1-15-14-34(23-27-7-2-8-28-23)9-10-35(15)24-30-12-17(13-31-24)32-22(36)18-4-5-19(33-21(18)25)16-3-6-20(26)29-11-16/h2-8,11-13,15H,9-10,14H2,1H3,(H2,26,29)(H,32,36)/t15-/m0/s1. The summed E-state index contributed by atoms with van der Waals surface area (Å²) in [6.07, 6.45) is 7.94. The van der Waals surface area contributed by atoms with Gasteiger partial charge < -0.3 is 20.9 Å². The maximum Gasteiger partial charge on any atom is 0.260 e. The Bertz CT molecular complexity index is 1350. The number of carbonyl (C=O) groups excluding carboxylic acids is 1. The molecule has 1 fully saturated rings. The van der Waals surface area contributed by atoms with E-state index in [-0.39, 0.29) is 11.6 Å². The van der Waals surface area contributed by atoms with Crippen molar-refractivity contribution in [1.29, 1.82) is 0 Å². The van der Waals surface area contributed by atoms with Gasteiger partial charge in [-0.2, -0.15) is 4.39 Å². The molecule has 3 N–H and O–H groups in total. The Labute approximate surface area is 206 Å². The number of nitrogen functional groups attached to an aromatic ring is 1. The van der Waals surface area contributed by atoms with Crippen LogP contribution in [0.5, 0.6) is 0 Å². The summed E-state index contributed by atoms with van der Waals surface area (Å²) in [5.74, 6) is 0.0462. The Kier molecular flexibility index (Phi) is 6.31. The van der Waals surface area contributed by atoms with Gasteiger partial charge in [-0.3, -0.25) is 4.79 Å². The van der Waals surface area contributed by atoms with E-state index >= 15 is 0 Å². The molecular weight excluding hydrogens is 463 g/mol. The summed E-state index contributed by atoms with van der Waals surface area (Å²) in [6, 6.07) is 8.10. The highest BCUT2D eigenvalue weighted by atomic mass is 19.1. The van der Waals surface area contributed by atoms with E-state index in [0.717, 1.165) is 13.1 Å². The minimum Gasteiger partial charge on any atom is -0.384 e. The van der Waals surface area contributed by atoms with Crippen molar-refractivity contribution in [3.05, 3.63) is 72.8 Å². The highest BCUT2D eigenvalue weighted by molar-refractivity contribution is 6.04. The molecule has 5 rings (SSSR count). The molecule has 11 nitrogen and oxygen atoms in total. The summed E-state index contributed by atoms with van der Waals surface area (Å²) in [4.78, 5) is 42.1. The molecule has 36 heavy (non-hydrogen) atoms. The van der Waals surface area contributed by atoms with Crippen molar-refractivity contribution >= 4 is 29.3 Å². The maximum atomic E-state index is 14.6. The second kappa shape index (κ2) is 9.86. The van der Waals surface area contributed by atoms with Crippen LogP contribution in [-0.4, -0.2) is 61.5 Å². The highest BCUT2D eigenvalue weighted by Gasteiger charge is 2.27. The molecule has 0 unspecified atom stereocenters. The van der Waals surface area contributed by atoms with Crippen molar-refractivity contribution in [1.82, 2.24) is 29.9 Å². The predicted molar refractivity (Wildman–Crippen MR) is 133 cm³/mol. The van der Waals surface area contributed by atoms with Gasteiger partial charge in [-0.1, -0.05) is 0 Å². The van der Waals surface area contributed by atoms with Crippen LogP contribution >= 0.6 is 0 Å². The molecule has 1 amide bonds. The Hall–Kier alpha value is -4.74. The van der Waals surface area contributed by atoms with Gasteiger partial charge in [0.1, 0.15) is 5.82 Å². The molecule has 1 atom stereocenters. The quantitative estimate of drug-likeness (QED) is 0.404. The van der Waals surface area contributed by atoms with E-state index in [2.05, 4.69) is 51.9 Å². The Morgan fingerprint density at radius 3 is 2.44 bits per heavy atom. The number of anilines is 4. The van der Waals surface area contributed by atoms with Gasteiger partial charge in [-0.25, -0.2) is 29.9 Å². The van der Waals surface area contributed by atoms with Crippen LogP contribution in [0.4, 0.5) is 27.8 Å². The number of nitrogens with two attached hydrogens (primary N) is 1. The summed E-state index contributed by atoms with van der Waals surface area (Å²) < 4.78 is 14.6. The molecule has 1 saturated heterocycles. The molecule has 1 aliphatic rings. The number of nitrogens with zero attached hydrogens (tertiary/aromatic N) is 8. The first-order chi connectivity index (χ1) is 17.5. The third kappa shape index (κ3) is 4.87. The molecule has 0 aromatic carbocycles. The summed E-state index contributed by atoms with van der Waals surface area (Å²) in [5, 5.41) is 2.62. The van der Waals surface area contributed by atoms with Crippen molar-refractivity contribution in [2.24, 2.45) is 0 Å². The summed E-state index contributed by atoms with van der Waals surface area (Å²) in [7, 11) is 0. The number of nitrogens with one attached hydrogen (secondary N) is 1. The topological polar surface area (TPSA) is 139 Å². The molecule has 5 heterocycles. The van der Waals surface area contributed by atoms with E-state index in [9.17, 15) is 9.18 Å². The van der Waals surface area contributed by atoms with E-state index in [1.165, 1.54) is 24.7 Å². The van der Waals surface area contributed by atoms with E-state index in [4.69, 9.17) is 5.73 Å². The lowest BCUT2D eigenvalue weighted by Crippen LogP contribution is -2.53. The first-order valence-electron chi connectivity index (χ1n) is 11.3. The third-order valence-electron chi connectivity index (χ3n) is 5.79. The van der Waals surface area contributed by atoms with Gasteiger partial charge in [0.25, 0.3) is 5.91 Å². The van der Waals surface area contributed by atoms with Crippen LogP contribution in [0, 0.1) is 5.95 Å². The summed E-state index contributed by atoms with van der Waals surface area (Å²) >= 11 is 0. The van der Waals surface area contributed by atoms with Crippen LogP contribution in [0.3, 0.4) is 0 Å². The number of rotatable bonds is 5. The fraction of sp³-hybridized carbons (Fsp3) is 0.208. The molecule has 4 aromatic rings. The van der Waals surface area contributed by atoms with Crippen molar-refractivity contribution in [2.75, 3.05) is 40.5 Å². The fourth-order valence-corrected chi connectivity index (χ4v) is 3.94. The van der Waals surface area contributed by atoms with E-state index in [1.54, 1.807) is 36.7 Å². The maximum absolute atomic E-state index is 14.6. The van der Waals surface area contributed by atoms with Crippen LogP contribution in [-0.2, 0) is 0 Å². The number of amides is 1. The molecular formula is C24H23FN10O. The minimum absolute atomic E-state index is 0.123. The van der Waals surface area contributed by atoms with Crippen LogP contribution < -0.4 is 20.9 Å². The van der Waals surface area contributed by atoms with Crippen LogP contribution in [0.15, 0.2) is 61.3 Å². The zero-order valence-electron chi connectivity index (χ0n) is 19.4. The monoisotopic (exact) mass is 486 g/mol. The average molecular weight is 487 g/mol. The molecule has 0 saturated carbocycles. The smallest absolute Gasteiger partial charge is 0.260 e. The van der Waals surface area contributed by atoms with E-state index in [0.29, 0.717) is 41.2 Å². The highest BCUT2D eigenvalue weighted by Crippen LogP contribution is 2.21. The lowest BCUT2D eigenvalue weighted by atomic mass is 10.1. The van der Waals surface area contributed by atoms with Gasteiger partial charge in [0.2, 0.25) is 17.8 Å². The molecule has 0 bridgehead atoms. The number of pyridine rings is 2. The SMILES string of the molecule is C[C@H]1CN(c2ncccn2)CCN1c1ncc(NC(=O)c2ccc(-c3ccc(N)nc3)nc2F)cn1. The zero-order chi connectivity index (χ0) is 25.1. The average Bonchev–Trinajstić information content (AvgIpc) is 2.90. The van der Waals surface area contributed by atoms with Crippen LogP contribution in [0.25, 0.3) is 11.3 Å². The molecule has 0 radical (unpaired) electrons. The Morgan fingerprint density at radius 1 is 1.00 bits per heavy atom. The summed E-state index contributed by atoms with van der Waals surface area (Å²) in [5.41, 5.74) is 6.66.